The van der Waals surface area contributed by atoms with Crippen molar-refractivity contribution < 1.29 is 0 Å². The maximum absolute atomic E-state index is 9.05. The van der Waals surface area contributed by atoms with Crippen molar-refractivity contribution in [1.82, 2.24) is 9.78 Å². The van der Waals surface area contributed by atoms with Crippen LogP contribution in [0, 0.1) is 17.2 Å². The van der Waals surface area contributed by atoms with Crippen molar-refractivity contribution in [1.29, 1.82) is 5.26 Å². The fourth-order valence-electron chi connectivity index (χ4n) is 2.23. The molecule has 4 nitrogen and oxygen atoms in total. The fourth-order valence-corrected chi connectivity index (χ4v) is 2.23. The lowest BCUT2D eigenvalue weighted by molar-refractivity contribution is 0.628. The molecular weight excluding hydrogens is 260 g/mol. The zero-order valence-corrected chi connectivity index (χ0v) is 12.9. The number of hydrogen-bond donors (Lipinski definition) is 1. The molecule has 1 aromatic heterocycles. The van der Waals surface area contributed by atoms with Crippen LogP contribution in [-0.2, 0) is 6.42 Å². The first-order chi connectivity index (χ1) is 10.1. The zero-order valence-electron chi connectivity index (χ0n) is 12.9. The minimum atomic E-state index is 0.567. The van der Waals surface area contributed by atoms with Crippen LogP contribution in [-0.4, -0.2) is 16.3 Å². The van der Waals surface area contributed by atoms with E-state index in [9.17, 15) is 0 Å². The molecule has 0 bridgehead atoms. The molecule has 0 fully saturated rings. The quantitative estimate of drug-likeness (QED) is 0.877. The summed E-state index contributed by atoms with van der Waals surface area (Å²) in [7, 11) is 0. The lowest BCUT2D eigenvalue weighted by Gasteiger charge is -2.09. The molecule has 0 atom stereocenters. The number of nitrogens with zero attached hydrogens (tertiary/aromatic N) is 3. The molecule has 1 aromatic carbocycles. The Bertz CT molecular complexity index is 634. The first-order valence-electron chi connectivity index (χ1n) is 7.47. The fraction of sp³-hybridized carbons (Fsp3) is 0.412. The van der Waals surface area contributed by atoms with Crippen LogP contribution in [0.5, 0.6) is 0 Å². The number of nitrogens with one attached hydrogen (secondary N) is 1. The SMILES string of the molecule is CCCNc1cc(CC(C)C)nn1-c1cccc(C#N)c1. The van der Waals surface area contributed by atoms with Gasteiger partial charge in [-0.25, -0.2) is 4.68 Å². The molecule has 0 aliphatic heterocycles. The Morgan fingerprint density at radius 2 is 2.14 bits per heavy atom. The van der Waals surface area contributed by atoms with Crippen molar-refractivity contribution in [3.8, 4) is 11.8 Å². The molecule has 0 radical (unpaired) electrons. The van der Waals surface area contributed by atoms with Crippen LogP contribution < -0.4 is 5.32 Å². The molecule has 0 spiro atoms. The van der Waals surface area contributed by atoms with Gasteiger partial charge in [0.2, 0.25) is 0 Å². The number of nitriles is 1. The van der Waals surface area contributed by atoms with E-state index >= 15 is 0 Å². The molecule has 0 amide bonds. The monoisotopic (exact) mass is 282 g/mol. The summed E-state index contributed by atoms with van der Waals surface area (Å²) in [5, 5.41) is 17.2. The minimum Gasteiger partial charge on any atom is -0.370 e. The van der Waals surface area contributed by atoms with E-state index in [-0.39, 0.29) is 0 Å². The predicted octanol–water partition coefficient (Wildman–Crippen LogP) is 3.76. The smallest absolute Gasteiger partial charge is 0.130 e. The summed E-state index contributed by atoms with van der Waals surface area (Å²) in [5.74, 6) is 1.56. The number of hydrogen-bond acceptors (Lipinski definition) is 3. The van der Waals surface area contributed by atoms with Crippen molar-refractivity contribution in [3.63, 3.8) is 0 Å². The van der Waals surface area contributed by atoms with Crippen molar-refractivity contribution in [3.05, 3.63) is 41.6 Å². The second-order valence-corrected chi connectivity index (χ2v) is 5.62. The Balaban J connectivity index is 2.39. The lowest BCUT2D eigenvalue weighted by atomic mass is 10.1. The van der Waals surface area contributed by atoms with E-state index in [1.54, 1.807) is 6.07 Å². The van der Waals surface area contributed by atoms with Crippen molar-refractivity contribution in [2.45, 2.75) is 33.6 Å². The average Bonchev–Trinajstić information content (AvgIpc) is 2.87. The third-order valence-electron chi connectivity index (χ3n) is 3.15. The third kappa shape index (κ3) is 3.85. The van der Waals surface area contributed by atoms with Crippen LogP contribution in [0.4, 0.5) is 5.82 Å². The van der Waals surface area contributed by atoms with Crippen LogP contribution in [0.15, 0.2) is 30.3 Å². The second kappa shape index (κ2) is 6.94. The maximum atomic E-state index is 9.05. The zero-order chi connectivity index (χ0) is 15.2. The molecule has 0 saturated heterocycles. The number of anilines is 1. The standard InChI is InChI=1S/C17H22N4/c1-4-8-19-17-11-15(9-13(2)3)20-21(17)16-7-5-6-14(10-16)12-18/h5-7,10-11,13,19H,4,8-9H2,1-3H3. The third-order valence-corrected chi connectivity index (χ3v) is 3.15. The number of rotatable bonds is 6. The van der Waals surface area contributed by atoms with E-state index in [1.165, 1.54) is 0 Å². The highest BCUT2D eigenvalue weighted by molar-refractivity contribution is 5.49. The topological polar surface area (TPSA) is 53.6 Å². The molecule has 1 heterocycles. The molecule has 0 saturated carbocycles. The molecule has 110 valence electrons. The first-order valence-corrected chi connectivity index (χ1v) is 7.47. The highest BCUT2D eigenvalue weighted by Gasteiger charge is 2.11. The van der Waals surface area contributed by atoms with Gasteiger partial charge < -0.3 is 5.32 Å². The van der Waals surface area contributed by atoms with Crippen LogP contribution >= 0.6 is 0 Å². The van der Waals surface area contributed by atoms with Gasteiger partial charge in [0.15, 0.2) is 0 Å². The minimum absolute atomic E-state index is 0.567. The molecule has 0 unspecified atom stereocenters. The first kappa shape index (κ1) is 15.1. The maximum Gasteiger partial charge on any atom is 0.130 e. The molecule has 1 N–H and O–H groups in total. The van der Waals surface area contributed by atoms with Gasteiger partial charge in [-0.1, -0.05) is 26.8 Å². The molecule has 21 heavy (non-hydrogen) atoms. The molecule has 0 aliphatic carbocycles. The summed E-state index contributed by atoms with van der Waals surface area (Å²) in [6.07, 6.45) is 2.01. The average molecular weight is 282 g/mol. The summed E-state index contributed by atoms with van der Waals surface area (Å²) in [6, 6.07) is 11.8. The van der Waals surface area contributed by atoms with Gasteiger partial charge in [0.1, 0.15) is 5.82 Å². The lowest BCUT2D eigenvalue weighted by Crippen LogP contribution is -2.07. The van der Waals surface area contributed by atoms with Gasteiger partial charge in [-0.05, 0) is 37.0 Å². The Morgan fingerprint density at radius 3 is 2.81 bits per heavy atom. The molecule has 2 rings (SSSR count). The normalized spacial score (nSPS) is 10.6. The van der Waals surface area contributed by atoms with E-state index < -0.39 is 0 Å². The van der Waals surface area contributed by atoms with Gasteiger partial charge in [0.05, 0.1) is 23.0 Å². The van der Waals surface area contributed by atoms with Crippen LogP contribution in [0.2, 0.25) is 0 Å². The summed E-state index contributed by atoms with van der Waals surface area (Å²) in [4.78, 5) is 0. The van der Waals surface area contributed by atoms with Gasteiger partial charge in [0.25, 0.3) is 0 Å². The van der Waals surface area contributed by atoms with Gasteiger partial charge in [-0.2, -0.15) is 10.4 Å². The van der Waals surface area contributed by atoms with Crippen LogP contribution in [0.1, 0.15) is 38.4 Å². The Hall–Kier alpha value is -2.28. The van der Waals surface area contributed by atoms with Gasteiger partial charge in [-0.3, -0.25) is 0 Å². The van der Waals surface area contributed by atoms with Crippen LogP contribution in [0.25, 0.3) is 5.69 Å². The van der Waals surface area contributed by atoms with Crippen LogP contribution in [0.3, 0.4) is 0 Å². The summed E-state index contributed by atoms with van der Waals surface area (Å²) < 4.78 is 1.90. The molecule has 4 heteroatoms. The van der Waals surface area contributed by atoms with Gasteiger partial charge in [0, 0.05) is 12.6 Å². The number of aromatic nitrogens is 2. The highest BCUT2D eigenvalue weighted by atomic mass is 15.3. The Morgan fingerprint density at radius 1 is 1.33 bits per heavy atom. The summed E-state index contributed by atoms with van der Waals surface area (Å²) >= 11 is 0. The van der Waals surface area contributed by atoms with Gasteiger partial charge >= 0.3 is 0 Å². The second-order valence-electron chi connectivity index (χ2n) is 5.62. The van der Waals surface area contributed by atoms with E-state index in [0.717, 1.165) is 36.6 Å². The summed E-state index contributed by atoms with van der Waals surface area (Å²) in [6.45, 7) is 7.42. The van der Waals surface area contributed by atoms with E-state index in [1.807, 2.05) is 22.9 Å². The van der Waals surface area contributed by atoms with E-state index in [2.05, 4.69) is 38.2 Å². The molecule has 0 aliphatic rings. The highest BCUT2D eigenvalue weighted by Crippen LogP contribution is 2.20. The number of benzene rings is 1. The largest absolute Gasteiger partial charge is 0.370 e. The van der Waals surface area contributed by atoms with E-state index in [0.29, 0.717) is 11.5 Å². The Kier molecular flexibility index (Phi) is 4.99. The Labute approximate surface area is 126 Å². The molecule has 2 aromatic rings. The van der Waals surface area contributed by atoms with E-state index in [4.69, 9.17) is 10.4 Å². The summed E-state index contributed by atoms with van der Waals surface area (Å²) in [5.41, 5.74) is 2.64. The van der Waals surface area contributed by atoms with Gasteiger partial charge in [-0.15, -0.1) is 0 Å². The van der Waals surface area contributed by atoms with Crippen molar-refractivity contribution in [2.24, 2.45) is 5.92 Å². The predicted molar refractivity (Wildman–Crippen MR) is 85.6 cm³/mol. The van der Waals surface area contributed by atoms with Crippen molar-refractivity contribution >= 4 is 5.82 Å². The molecular formula is C17H22N4. The van der Waals surface area contributed by atoms with Crippen molar-refractivity contribution in [2.75, 3.05) is 11.9 Å².